The quantitative estimate of drug-likeness (QED) is 0.737. The molecule has 3 aromatic rings. The van der Waals surface area contributed by atoms with Crippen molar-refractivity contribution in [1.29, 1.82) is 0 Å². The Balaban J connectivity index is 1.31. The molecule has 3 aromatic heterocycles. The molecule has 0 unspecified atom stereocenters. The molecule has 0 aromatic carbocycles. The second-order valence-electron chi connectivity index (χ2n) is 6.57. The van der Waals surface area contributed by atoms with Gasteiger partial charge in [0.25, 0.3) is 5.91 Å². The molecule has 0 radical (unpaired) electrons. The number of pyridine rings is 3. The Morgan fingerprint density at radius 3 is 2.07 bits per heavy atom. The molecule has 7 heteroatoms. The molecule has 0 saturated carbocycles. The van der Waals surface area contributed by atoms with E-state index < -0.39 is 0 Å². The molecule has 7 nitrogen and oxygen atoms in total. The van der Waals surface area contributed by atoms with Crippen molar-refractivity contribution in [2.45, 2.75) is 6.54 Å². The van der Waals surface area contributed by atoms with Crippen LogP contribution in [0.3, 0.4) is 0 Å². The SMILES string of the molecule is O=C(NCc1ccccn1)c1ccc(N2CCN(c3ccccn3)CC2)nc1. The van der Waals surface area contributed by atoms with Gasteiger partial charge < -0.3 is 15.1 Å². The third-order valence-corrected chi connectivity index (χ3v) is 4.74. The summed E-state index contributed by atoms with van der Waals surface area (Å²) in [5, 5.41) is 2.87. The number of carbonyl (C=O) groups excluding carboxylic acids is 1. The lowest BCUT2D eigenvalue weighted by molar-refractivity contribution is 0.0950. The van der Waals surface area contributed by atoms with Crippen LogP contribution in [-0.2, 0) is 6.54 Å². The number of nitrogens with zero attached hydrogens (tertiary/aromatic N) is 5. The average molecular weight is 374 g/mol. The minimum absolute atomic E-state index is 0.148. The molecule has 4 heterocycles. The molecule has 142 valence electrons. The van der Waals surface area contributed by atoms with Gasteiger partial charge in [-0.05, 0) is 36.4 Å². The van der Waals surface area contributed by atoms with Gasteiger partial charge >= 0.3 is 0 Å². The largest absolute Gasteiger partial charge is 0.353 e. The van der Waals surface area contributed by atoms with E-state index in [0.717, 1.165) is 43.5 Å². The van der Waals surface area contributed by atoms with Crippen molar-refractivity contribution in [3.63, 3.8) is 0 Å². The Morgan fingerprint density at radius 2 is 1.50 bits per heavy atom. The zero-order valence-electron chi connectivity index (χ0n) is 15.5. The van der Waals surface area contributed by atoms with Crippen LogP contribution in [-0.4, -0.2) is 47.0 Å². The van der Waals surface area contributed by atoms with Gasteiger partial charge in [0.1, 0.15) is 11.6 Å². The maximum absolute atomic E-state index is 12.3. The van der Waals surface area contributed by atoms with E-state index >= 15 is 0 Å². The molecule has 1 amide bonds. The first-order valence-corrected chi connectivity index (χ1v) is 9.35. The van der Waals surface area contributed by atoms with Gasteiger partial charge in [0, 0.05) is 44.8 Å². The predicted molar refractivity (Wildman–Crippen MR) is 108 cm³/mol. The number of nitrogens with one attached hydrogen (secondary N) is 1. The minimum atomic E-state index is -0.148. The number of hydrogen-bond donors (Lipinski definition) is 1. The Morgan fingerprint density at radius 1 is 0.821 bits per heavy atom. The highest BCUT2D eigenvalue weighted by atomic mass is 16.1. The van der Waals surface area contributed by atoms with E-state index in [1.807, 2.05) is 54.7 Å². The number of rotatable bonds is 5. The molecule has 1 aliphatic heterocycles. The Hall–Kier alpha value is -3.48. The maximum Gasteiger partial charge on any atom is 0.253 e. The van der Waals surface area contributed by atoms with Gasteiger partial charge in [-0.25, -0.2) is 9.97 Å². The zero-order chi connectivity index (χ0) is 19.2. The summed E-state index contributed by atoms with van der Waals surface area (Å²) in [4.78, 5) is 29.9. The van der Waals surface area contributed by atoms with Crippen LogP contribution in [0.1, 0.15) is 16.1 Å². The summed E-state index contributed by atoms with van der Waals surface area (Å²) in [6, 6.07) is 15.3. The van der Waals surface area contributed by atoms with Crippen molar-refractivity contribution in [2.75, 3.05) is 36.0 Å². The standard InChI is InChI=1S/C21H22N6O/c28-21(25-16-18-5-1-3-9-22-18)17-7-8-20(24-15-17)27-13-11-26(12-14-27)19-6-2-4-10-23-19/h1-10,15H,11-14,16H2,(H,25,28). The molecule has 1 N–H and O–H groups in total. The highest BCUT2D eigenvalue weighted by Gasteiger charge is 2.19. The lowest BCUT2D eigenvalue weighted by atomic mass is 10.2. The Kier molecular flexibility index (Phi) is 5.42. The van der Waals surface area contributed by atoms with Crippen LogP contribution in [0.15, 0.2) is 67.1 Å². The molecule has 0 aliphatic carbocycles. The Bertz CT molecular complexity index is 893. The van der Waals surface area contributed by atoms with Crippen LogP contribution >= 0.6 is 0 Å². The molecule has 0 bridgehead atoms. The van der Waals surface area contributed by atoms with Gasteiger partial charge in [-0.2, -0.15) is 0 Å². The fourth-order valence-corrected chi connectivity index (χ4v) is 3.19. The molecule has 1 fully saturated rings. The number of hydrogen-bond acceptors (Lipinski definition) is 6. The van der Waals surface area contributed by atoms with Gasteiger partial charge in [-0.3, -0.25) is 9.78 Å². The monoisotopic (exact) mass is 374 g/mol. The topological polar surface area (TPSA) is 74.2 Å². The molecule has 4 rings (SSSR count). The highest BCUT2D eigenvalue weighted by molar-refractivity contribution is 5.94. The number of carbonyl (C=O) groups is 1. The first-order chi connectivity index (χ1) is 13.8. The van der Waals surface area contributed by atoms with E-state index in [-0.39, 0.29) is 5.91 Å². The summed E-state index contributed by atoms with van der Waals surface area (Å²) in [7, 11) is 0. The van der Waals surface area contributed by atoms with Gasteiger partial charge in [-0.15, -0.1) is 0 Å². The predicted octanol–water partition coefficient (Wildman–Crippen LogP) is 2.13. The highest BCUT2D eigenvalue weighted by Crippen LogP contribution is 2.17. The van der Waals surface area contributed by atoms with Crippen LogP contribution in [0.25, 0.3) is 0 Å². The Labute approximate surface area is 164 Å². The lowest BCUT2D eigenvalue weighted by Gasteiger charge is -2.36. The van der Waals surface area contributed by atoms with E-state index in [0.29, 0.717) is 12.1 Å². The van der Waals surface area contributed by atoms with Crippen LogP contribution in [0.2, 0.25) is 0 Å². The van der Waals surface area contributed by atoms with Gasteiger partial charge in [0.05, 0.1) is 17.8 Å². The van der Waals surface area contributed by atoms with Crippen molar-refractivity contribution < 1.29 is 4.79 Å². The van der Waals surface area contributed by atoms with E-state index in [1.54, 1.807) is 12.4 Å². The van der Waals surface area contributed by atoms with Gasteiger partial charge in [-0.1, -0.05) is 12.1 Å². The first kappa shape index (κ1) is 17.9. The van der Waals surface area contributed by atoms with Crippen molar-refractivity contribution >= 4 is 17.5 Å². The van der Waals surface area contributed by atoms with E-state index in [2.05, 4.69) is 30.1 Å². The maximum atomic E-state index is 12.3. The normalized spacial score (nSPS) is 14.0. The lowest BCUT2D eigenvalue weighted by Crippen LogP contribution is -2.47. The van der Waals surface area contributed by atoms with E-state index in [4.69, 9.17) is 0 Å². The van der Waals surface area contributed by atoms with Crippen molar-refractivity contribution in [1.82, 2.24) is 20.3 Å². The number of aromatic nitrogens is 3. The fraction of sp³-hybridized carbons (Fsp3) is 0.238. The summed E-state index contributed by atoms with van der Waals surface area (Å²) in [6.45, 7) is 3.93. The minimum Gasteiger partial charge on any atom is -0.353 e. The average Bonchev–Trinajstić information content (AvgIpc) is 2.79. The van der Waals surface area contributed by atoms with Gasteiger partial charge in [0.15, 0.2) is 0 Å². The smallest absolute Gasteiger partial charge is 0.253 e. The van der Waals surface area contributed by atoms with Crippen molar-refractivity contribution in [3.05, 3.63) is 78.4 Å². The molecule has 1 saturated heterocycles. The number of amides is 1. The van der Waals surface area contributed by atoms with Crippen LogP contribution in [0, 0.1) is 0 Å². The van der Waals surface area contributed by atoms with Gasteiger partial charge in [0.2, 0.25) is 0 Å². The zero-order valence-corrected chi connectivity index (χ0v) is 15.5. The molecule has 28 heavy (non-hydrogen) atoms. The van der Waals surface area contributed by atoms with E-state index in [1.165, 1.54) is 0 Å². The third kappa shape index (κ3) is 4.25. The number of anilines is 2. The third-order valence-electron chi connectivity index (χ3n) is 4.74. The van der Waals surface area contributed by atoms with Crippen molar-refractivity contribution in [3.8, 4) is 0 Å². The van der Waals surface area contributed by atoms with Crippen molar-refractivity contribution in [2.24, 2.45) is 0 Å². The van der Waals surface area contributed by atoms with E-state index in [9.17, 15) is 4.79 Å². The first-order valence-electron chi connectivity index (χ1n) is 9.35. The van der Waals surface area contributed by atoms with Crippen LogP contribution < -0.4 is 15.1 Å². The summed E-state index contributed by atoms with van der Waals surface area (Å²) >= 11 is 0. The second-order valence-corrected chi connectivity index (χ2v) is 6.57. The fourth-order valence-electron chi connectivity index (χ4n) is 3.19. The van der Waals surface area contributed by atoms with Crippen LogP contribution in [0.4, 0.5) is 11.6 Å². The summed E-state index contributed by atoms with van der Waals surface area (Å²) < 4.78 is 0. The summed E-state index contributed by atoms with van der Waals surface area (Å²) in [5.41, 5.74) is 1.37. The molecular formula is C21H22N6O. The number of piperazine rings is 1. The summed E-state index contributed by atoms with van der Waals surface area (Å²) in [5.74, 6) is 1.75. The summed E-state index contributed by atoms with van der Waals surface area (Å²) in [6.07, 6.45) is 5.17. The molecular weight excluding hydrogens is 352 g/mol. The van der Waals surface area contributed by atoms with Crippen LogP contribution in [0.5, 0.6) is 0 Å². The molecule has 1 aliphatic rings. The molecule has 0 atom stereocenters. The second kappa shape index (κ2) is 8.47. The molecule has 0 spiro atoms.